The lowest BCUT2D eigenvalue weighted by Crippen LogP contribution is -2.22. The number of aryl methyl sites for hydroxylation is 1. The van der Waals surface area contributed by atoms with Crippen molar-refractivity contribution >= 4 is 27.4 Å². The minimum atomic E-state index is 0.804. The van der Waals surface area contributed by atoms with Crippen molar-refractivity contribution in [2.45, 2.75) is 13.3 Å². The Morgan fingerprint density at radius 2 is 1.81 bits per heavy atom. The second-order valence-electron chi connectivity index (χ2n) is 6.28. The molecule has 0 spiro atoms. The zero-order valence-electron chi connectivity index (χ0n) is 14.9. The standard InChI is InChI=1S/C21H20N4S/c1-15-23-20(25(2)13-11-17-10-6-7-12-22-17)18-14-19(26-21(18)24-15)16-8-4-3-5-9-16/h3-10,12,14H,11,13H2,1-2H3. The van der Waals surface area contributed by atoms with E-state index in [0.717, 1.165) is 40.5 Å². The largest absolute Gasteiger partial charge is 0.359 e. The highest BCUT2D eigenvalue weighted by Gasteiger charge is 2.14. The van der Waals surface area contributed by atoms with E-state index in [4.69, 9.17) is 4.98 Å². The molecule has 0 saturated carbocycles. The zero-order chi connectivity index (χ0) is 17.9. The molecular formula is C21H20N4S. The molecule has 3 heterocycles. The summed E-state index contributed by atoms with van der Waals surface area (Å²) in [5.74, 6) is 1.79. The Morgan fingerprint density at radius 1 is 1.00 bits per heavy atom. The summed E-state index contributed by atoms with van der Waals surface area (Å²) in [6.45, 7) is 2.82. The molecule has 0 unspecified atom stereocenters. The Balaban J connectivity index is 1.66. The molecule has 4 aromatic rings. The lowest BCUT2D eigenvalue weighted by molar-refractivity contribution is 0.837. The van der Waals surface area contributed by atoms with Crippen LogP contribution in [0.2, 0.25) is 0 Å². The van der Waals surface area contributed by atoms with Crippen molar-refractivity contribution in [1.82, 2.24) is 15.0 Å². The number of fused-ring (bicyclic) bond motifs is 1. The average Bonchev–Trinajstić information content (AvgIpc) is 3.11. The summed E-state index contributed by atoms with van der Waals surface area (Å²) < 4.78 is 0. The van der Waals surface area contributed by atoms with Gasteiger partial charge in [0.05, 0.1) is 5.39 Å². The van der Waals surface area contributed by atoms with Gasteiger partial charge in [-0.1, -0.05) is 36.4 Å². The van der Waals surface area contributed by atoms with Crippen LogP contribution in [0.4, 0.5) is 5.82 Å². The molecule has 4 nitrogen and oxygen atoms in total. The minimum absolute atomic E-state index is 0.804. The number of thiophene rings is 1. The van der Waals surface area contributed by atoms with E-state index in [2.05, 4.69) is 58.3 Å². The van der Waals surface area contributed by atoms with Crippen LogP contribution in [0.1, 0.15) is 11.5 Å². The average molecular weight is 360 g/mol. The predicted octanol–water partition coefficient (Wildman–Crippen LogP) is 4.74. The Morgan fingerprint density at radius 3 is 2.58 bits per heavy atom. The first kappa shape index (κ1) is 16.7. The van der Waals surface area contributed by atoms with Gasteiger partial charge in [0, 0.05) is 36.8 Å². The van der Waals surface area contributed by atoms with Gasteiger partial charge in [0.15, 0.2) is 0 Å². The highest BCUT2D eigenvalue weighted by molar-refractivity contribution is 7.21. The van der Waals surface area contributed by atoms with Crippen LogP contribution in [0.15, 0.2) is 60.8 Å². The fourth-order valence-corrected chi connectivity index (χ4v) is 4.06. The Labute approximate surface area is 157 Å². The van der Waals surface area contributed by atoms with Crippen molar-refractivity contribution < 1.29 is 0 Å². The molecule has 1 aromatic carbocycles. The fourth-order valence-electron chi connectivity index (χ4n) is 2.98. The van der Waals surface area contributed by atoms with E-state index in [1.165, 1.54) is 10.4 Å². The van der Waals surface area contributed by atoms with Gasteiger partial charge in [-0.2, -0.15) is 0 Å². The number of hydrogen-bond acceptors (Lipinski definition) is 5. The van der Waals surface area contributed by atoms with E-state index in [1.54, 1.807) is 11.3 Å². The van der Waals surface area contributed by atoms with Gasteiger partial charge in [0.1, 0.15) is 16.5 Å². The van der Waals surface area contributed by atoms with E-state index in [1.807, 2.05) is 31.3 Å². The molecule has 0 atom stereocenters. The number of anilines is 1. The molecule has 4 rings (SSSR count). The molecule has 0 N–H and O–H groups in total. The molecule has 0 saturated heterocycles. The Kier molecular flexibility index (Phi) is 4.63. The second-order valence-corrected chi connectivity index (χ2v) is 7.31. The fraction of sp³-hybridized carbons (Fsp3) is 0.190. The lowest BCUT2D eigenvalue weighted by Gasteiger charge is -2.19. The van der Waals surface area contributed by atoms with Gasteiger partial charge in [-0.15, -0.1) is 11.3 Å². The summed E-state index contributed by atoms with van der Waals surface area (Å²) in [6.07, 6.45) is 2.73. The molecule has 130 valence electrons. The van der Waals surface area contributed by atoms with Gasteiger partial charge in [0.2, 0.25) is 0 Å². The summed E-state index contributed by atoms with van der Waals surface area (Å²) in [4.78, 5) is 18.2. The molecule has 0 bridgehead atoms. The first-order chi connectivity index (χ1) is 12.7. The van der Waals surface area contributed by atoms with E-state index in [9.17, 15) is 0 Å². The summed E-state index contributed by atoms with van der Waals surface area (Å²) in [5, 5.41) is 1.11. The second kappa shape index (κ2) is 7.22. The highest BCUT2D eigenvalue weighted by Crippen LogP contribution is 2.36. The van der Waals surface area contributed by atoms with Gasteiger partial charge in [-0.3, -0.25) is 4.98 Å². The maximum atomic E-state index is 4.72. The Bertz CT molecular complexity index is 1010. The van der Waals surface area contributed by atoms with Crippen LogP contribution < -0.4 is 4.90 Å². The van der Waals surface area contributed by atoms with Gasteiger partial charge in [0.25, 0.3) is 0 Å². The van der Waals surface area contributed by atoms with Gasteiger partial charge >= 0.3 is 0 Å². The molecule has 5 heteroatoms. The van der Waals surface area contributed by atoms with Crippen LogP contribution in [0, 0.1) is 6.92 Å². The first-order valence-electron chi connectivity index (χ1n) is 8.65. The summed E-state index contributed by atoms with van der Waals surface area (Å²) in [7, 11) is 2.09. The topological polar surface area (TPSA) is 41.9 Å². The number of benzene rings is 1. The van der Waals surface area contributed by atoms with E-state index in [-0.39, 0.29) is 0 Å². The van der Waals surface area contributed by atoms with Crippen molar-refractivity contribution in [2.75, 3.05) is 18.5 Å². The first-order valence-corrected chi connectivity index (χ1v) is 9.47. The predicted molar refractivity (Wildman–Crippen MR) is 109 cm³/mol. The summed E-state index contributed by atoms with van der Waals surface area (Å²) >= 11 is 1.72. The summed E-state index contributed by atoms with van der Waals surface area (Å²) in [6, 6.07) is 18.7. The third-order valence-corrected chi connectivity index (χ3v) is 5.41. The highest BCUT2D eigenvalue weighted by atomic mass is 32.1. The normalized spacial score (nSPS) is 11.0. The van der Waals surface area contributed by atoms with Gasteiger partial charge < -0.3 is 4.90 Å². The zero-order valence-corrected chi connectivity index (χ0v) is 15.7. The third-order valence-electron chi connectivity index (χ3n) is 4.33. The van der Waals surface area contributed by atoms with E-state index >= 15 is 0 Å². The van der Waals surface area contributed by atoms with Crippen LogP contribution in [-0.2, 0) is 6.42 Å². The van der Waals surface area contributed by atoms with Crippen LogP contribution in [0.25, 0.3) is 20.7 Å². The van der Waals surface area contributed by atoms with Gasteiger partial charge in [-0.25, -0.2) is 9.97 Å². The van der Waals surface area contributed by atoms with Crippen LogP contribution in [0.3, 0.4) is 0 Å². The maximum Gasteiger partial charge on any atom is 0.140 e. The number of nitrogens with zero attached hydrogens (tertiary/aromatic N) is 4. The van der Waals surface area contributed by atoms with Crippen molar-refractivity contribution in [1.29, 1.82) is 0 Å². The monoisotopic (exact) mass is 360 g/mol. The lowest BCUT2D eigenvalue weighted by atomic mass is 10.2. The number of rotatable bonds is 5. The van der Waals surface area contributed by atoms with Crippen molar-refractivity contribution in [3.63, 3.8) is 0 Å². The number of hydrogen-bond donors (Lipinski definition) is 0. The molecule has 0 amide bonds. The molecule has 0 radical (unpaired) electrons. The van der Waals surface area contributed by atoms with Crippen LogP contribution >= 0.6 is 11.3 Å². The molecule has 0 aliphatic carbocycles. The molecule has 0 aliphatic heterocycles. The van der Waals surface area contributed by atoms with Crippen LogP contribution in [0.5, 0.6) is 0 Å². The van der Waals surface area contributed by atoms with Crippen LogP contribution in [-0.4, -0.2) is 28.5 Å². The maximum absolute atomic E-state index is 4.72. The third kappa shape index (κ3) is 3.44. The van der Waals surface area contributed by atoms with Crippen molar-refractivity contribution in [3.05, 3.63) is 72.3 Å². The summed E-state index contributed by atoms with van der Waals surface area (Å²) in [5.41, 5.74) is 2.31. The SMILES string of the molecule is Cc1nc(N(C)CCc2ccccn2)c2cc(-c3ccccc3)sc2n1. The molecule has 0 fully saturated rings. The molecule has 26 heavy (non-hydrogen) atoms. The number of likely N-dealkylation sites (N-methyl/N-ethyl adjacent to an activating group) is 1. The molecule has 3 aromatic heterocycles. The number of pyridine rings is 1. The smallest absolute Gasteiger partial charge is 0.140 e. The quantitative estimate of drug-likeness (QED) is 0.515. The minimum Gasteiger partial charge on any atom is -0.359 e. The Hall–Kier alpha value is -2.79. The molecular weight excluding hydrogens is 340 g/mol. The van der Waals surface area contributed by atoms with Crippen molar-refractivity contribution in [2.24, 2.45) is 0 Å². The van der Waals surface area contributed by atoms with Gasteiger partial charge in [-0.05, 0) is 30.7 Å². The number of aromatic nitrogens is 3. The molecule has 0 aliphatic rings. The van der Waals surface area contributed by atoms with Crippen molar-refractivity contribution in [3.8, 4) is 10.4 Å². The van der Waals surface area contributed by atoms with E-state index in [0.29, 0.717) is 0 Å². The van der Waals surface area contributed by atoms with E-state index < -0.39 is 0 Å².